The predicted octanol–water partition coefficient (Wildman–Crippen LogP) is 1.50. The van der Waals surface area contributed by atoms with E-state index < -0.39 is 12.0 Å². The number of nitrogens with zero attached hydrogens (tertiary/aromatic N) is 3. The minimum atomic E-state index is -0.967. The second-order valence-corrected chi connectivity index (χ2v) is 5.23. The van der Waals surface area contributed by atoms with Crippen molar-refractivity contribution in [3.8, 4) is 5.82 Å². The molecule has 23 heavy (non-hydrogen) atoms. The highest BCUT2D eigenvalue weighted by molar-refractivity contribution is 6.30. The van der Waals surface area contributed by atoms with Gasteiger partial charge in [0.05, 0.1) is 23.8 Å². The third-order valence-corrected chi connectivity index (χ3v) is 3.12. The predicted molar refractivity (Wildman–Crippen MR) is 83.6 cm³/mol. The molecular weight excluding hydrogens is 322 g/mol. The average molecular weight is 338 g/mol. The fraction of sp³-hybridized carbons (Fsp3) is 0.286. The number of aliphatic carboxylic acids is 1. The first-order chi connectivity index (χ1) is 11.0. The van der Waals surface area contributed by atoms with Gasteiger partial charge in [-0.2, -0.15) is 5.10 Å². The zero-order chi connectivity index (χ0) is 16.8. The van der Waals surface area contributed by atoms with Crippen molar-refractivity contribution in [3.63, 3.8) is 0 Å². The number of carbonyl (C=O) groups excluding carboxylic acids is 1. The van der Waals surface area contributed by atoms with Crippen LogP contribution in [0.5, 0.6) is 0 Å². The Morgan fingerprint density at radius 1 is 1.35 bits per heavy atom. The van der Waals surface area contributed by atoms with Crippen molar-refractivity contribution >= 4 is 23.6 Å². The van der Waals surface area contributed by atoms with E-state index in [1.807, 2.05) is 19.1 Å². The second-order valence-electron chi connectivity index (χ2n) is 4.79. The number of pyridine rings is 1. The van der Waals surface area contributed by atoms with Crippen LogP contribution in [0.2, 0.25) is 5.02 Å². The molecule has 122 valence electrons. The van der Waals surface area contributed by atoms with E-state index in [1.165, 1.54) is 10.9 Å². The number of urea groups is 1. The maximum Gasteiger partial charge on any atom is 0.315 e. The minimum Gasteiger partial charge on any atom is -0.481 e. The maximum atomic E-state index is 11.6. The number of carbonyl (C=O) groups is 2. The molecule has 0 bridgehead atoms. The molecule has 0 saturated heterocycles. The maximum absolute atomic E-state index is 11.6. The van der Waals surface area contributed by atoms with Crippen LogP contribution in [0.15, 0.2) is 24.5 Å². The highest BCUT2D eigenvalue weighted by atomic mass is 35.5. The van der Waals surface area contributed by atoms with Crippen LogP contribution in [0, 0.1) is 6.92 Å². The summed E-state index contributed by atoms with van der Waals surface area (Å²) in [6.45, 7) is 2.14. The molecule has 2 amide bonds. The summed E-state index contributed by atoms with van der Waals surface area (Å²) in [7, 11) is 0. The zero-order valence-electron chi connectivity index (χ0n) is 12.4. The molecule has 2 rings (SSSR count). The lowest BCUT2D eigenvalue weighted by Crippen LogP contribution is -2.36. The first-order valence-corrected chi connectivity index (χ1v) is 7.24. The number of carboxylic acid groups (broad SMARTS) is 1. The fourth-order valence-corrected chi connectivity index (χ4v) is 1.98. The monoisotopic (exact) mass is 337 g/mol. The summed E-state index contributed by atoms with van der Waals surface area (Å²) in [6.07, 6.45) is 3.00. The van der Waals surface area contributed by atoms with Gasteiger partial charge in [0, 0.05) is 24.3 Å². The van der Waals surface area contributed by atoms with Crippen molar-refractivity contribution in [1.82, 2.24) is 25.4 Å². The molecule has 0 atom stereocenters. The van der Waals surface area contributed by atoms with Crippen LogP contribution in [0.3, 0.4) is 0 Å². The molecule has 0 aliphatic rings. The van der Waals surface area contributed by atoms with E-state index in [-0.39, 0.29) is 19.5 Å². The summed E-state index contributed by atoms with van der Waals surface area (Å²) in [5.41, 5.74) is 1.56. The van der Waals surface area contributed by atoms with E-state index in [0.717, 1.165) is 11.3 Å². The van der Waals surface area contributed by atoms with Gasteiger partial charge in [-0.05, 0) is 13.0 Å². The van der Waals surface area contributed by atoms with E-state index in [0.29, 0.717) is 10.8 Å². The standard InChI is InChI=1S/C14H16ClN5O3/c1-9-2-3-10(6-17-14(23)16-5-4-12(21)22)13(19-9)20-8-11(15)7-18-20/h2-3,7-8H,4-6H2,1H3,(H,21,22)(H2,16,17,23). The number of hydrogen-bond acceptors (Lipinski definition) is 4. The molecule has 0 fully saturated rings. The van der Waals surface area contributed by atoms with Gasteiger partial charge in [0.1, 0.15) is 0 Å². The third kappa shape index (κ3) is 4.96. The fourth-order valence-electron chi connectivity index (χ4n) is 1.85. The molecule has 3 N–H and O–H groups in total. The molecule has 2 aromatic heterocycles. The number of amides is 2. The molecule has 0 spiro atoms. The molecule has 0 unspecified atom stereocenters. The Morgan fingerprint density at radius 2 is 2.13 bits per heavy atom. The van der Waals surface area contributed by atoms with Gasteiger partial charge in [-0.3, -0.25) is 4.79 Å². The number of hydrogen-bond donors (Lipinski definition) is 3. The molecule has 0 aliphatic carbocycles. The van der Waals surface area contributed by atoms with Crippen molar-refractivity contribution in [2.75, 3.05) is 6.54 Å². The van der Waals surface area contributed by atoms with Gasteiger partial charge in [-0.1, -0.05) is 17.7 Å². The zero-order valence-corrected chi connectivity index (χ0v) is 13.2. The van der Waals surface area contributed by atoms with Crippen LogP contribution in [0.25, 0.3) is 5.82 Å². The number of nitrogens with one attached hydrogen (secondary N) is 2. The Hall–Kier alpha value is -2.61. The largest absolute Gasteiger partial charge is 0.481 e. The van der Waals surface area contributed by atoms with Gasteiger partial charge in [0.15, 0.2) is 5.82 Å². The summed E-state index contributed by atoms with van der Waals surface area (Å²) >= 11 is 5.87. The SMILES string of the molecule is Cc1ccc(CNC(=O)NCCC(=O)O)c(-n2cc(Cl)cn2)n1. The molecule has 0 radical (unpaired) electrons. The van der Waals surface area contributed by atoms with Crippen molar-refractivity contribution < 1.29 is 14.7 Å². The lowest BCUT2D eigenvalue weighted by Gasteiger charge is -2.11. The number of aryl methyl sites for hydroxylation is 1. The number of carboxylic acids is 1. The van der Waals surface area contributed by atoms with Crippen LogP contribution < -0.4 is 10.6 Å². The molecular formula is C14H16ClN5O3. The first kappa shape index (κ1) is 16.8. The van der Waals surface area contributed by atoms with Gasteiger partial charge in [0.2, 0.25) is 0 Å². The Labute approximate surface area is 137 Å². The smallest absolute Gasteiger partial charge is 0.315 e. The van der Waals surface area contributed by atoms with Crippen LogP contribution in [0.1, 0.15) is 17.7 Å². The van der Waals surface area contributed by atoms with E-state index in [4.69, 9.17) is 16.7 Å². The van der Waals surface area contributed by atoms with E-state index in [2.05, 4.69) is 20.7 Å². The van der Waals surface area contributed by atoms with Gasteiger partial charge >= 0.3 is 12.0 Å². The van der Waals surface area contributed by atoms with Gasteiger partial charge < -0.3 is 15.7 Å². The van der Waals surface area contributed by atoms with E-state index in [9.17, 15) is 9.59 Å². The molecule has 0 aromatic carbocycles. The molecule has 0 aliphatic heterocycles. The van der Waals surface area contributed by atoms with Crippen LogP contribution in [-0.4, -0.2) is 38.4 Å². The molecule has 2 aromatic rings. The summed E-state index contributed by atoms with van der Waals surface area (Å²) in [6, 6.07) is 3.22. The number of halogens is 1. The Morgan fingerprint density at radius 3 is 2.78 bits per heavy atom. The molecule has 0 saturated carbocycles. The topological polar surface area (TPSA) is 109 Å². The summed E-state index contributed by atoms with van der Waals surface area (Å²) in [5, 5.41) is 18.2. The van der Waals surface area contributed by atoms with Crippen molar-refractivity contribution in [1.29, 1.82) is 0 Å². The Balaban J connectivity index is 2.02. The summed E-state index contributed by atoms with van der Waals surface area (Å²) < 4.78 is 1.54. The Kier molecular flexibility index (Phi) is 5.53. The van der Waals surface area contributed by atoms with Crippen LogP contribution in [0.4, 0.5) is 4.79 Å². The van der Waals surface area contributed by atoms with Gasteiger partial charge in [0.25, 0.3) is 0 Å². The third-order valence-electron chi connectivity index (χ3n) is 2.93. The van der Waals surface area contributed by atoms with Gasteiger partial charge in [-0.25, -0.2) is 14.5 Å². The summed E-state index contributed by atoms with van der Waals surface area (Å²) in [5.74, 6) is -0.395. The quantitative estimate of drug-likeness (QED) is 0.740. The van der Waals surface area contributed by atoms with Gasteiger partial charge in [-0.15, -0.1) is 0 Å². The van der Waals surface area contributed by atoms with Crippen LogP contribution >= 0.6 is 11.6 Å². The summed E-state index contributed by atoms with van der Waals surface area (Å²) in [4.78, 5) is 26.4. The Bertz CT molecular complexity index is 716. The molecule has 8 nitrogen and oxygen atoms in total. The number of rotatable bonds is 6. The molecule has 9 heteroatoms. The molecule has 2 heterocycles. The highest BCUT2D eigenvalue weighted by Gasteiger charge is 2.10. The van der Waals surface area contributed by atoms with Crippen molar-refractivity contribution in [3.05, 3.63) is 40.8 Å². The normalized spacial score (nSPS) is 10.3. The average Bonchev–Trinajstić information content (AvgIpc) is 2.92. The van der Waals surface area contributed by atoms with Crippen molar-refractivity contribution in [2.45, 2.75) is 19.9 Å². The minimum absolute atomic E-state index is 0.0644. The van der Waals surface area contributed by atoms with E-state index in [1.54, 1.807) is 6.20 Å². The highest BCUT2D eigenvalue weighted by Crippen LogP contribution is 2.15. The van der Waals surface area contributed by atoms with Crippen LogP contribution in [-0.2, 0) is 11.3 Å². The van der Waals surface area contributed by atoms with Crippen molar-refractivity contribution in [2.24, 2.45) is 0 Å². The second kappa shape index (κ2) is 7.59. The van der Waals surface area contributed by atoms with E-state index >= 15 is 0 Å². The lowest BCUT2D eigenvalue weighted by atomic mass is 10.2. The number of aromatic nitrogens is 3. The first-order valence-electron chi connectivity index (χ1n) is 6.86. The lowest BCUT2D eigenvalue weighted by molar-refractivity contribution is -0.136.